The minimum Gasteiger partial charge on any atom is -0.369 e. The van der Waals surface area contributed by atoms with Crippen molar-refractivity contribution < 1.29 is 22.7 Å². The number of alkyl halides is 3. The van der Waals surface area contributed by atoms with Gasteiger partial charge in [-0.15, -0.1) is 0 Å². The van der Waals surface area contributed by atoms with Gasteiger partial charge in [-0.25, -0.2) is 4.98 Å². The average Bonchev–Trinajstić information content (AvgIpc) is 2.45. The Morgan fingerprint density at radius 2 is 2.18 bits per heavy atom. The molecule has 1 heterocycles. The van der Waals surface area contributed by atoms with E-state index in [0.29, 0.717) is 18.5 Å². The summed E-state index contributed by atoms with van der Waals surface area (Å²) in [7, 11) is 0. The summed E-state index contributed by atoms with van der Waals surface area (Å²) in [6, 6.07) is 4.97. The predicted octanol–water partition coefficient (Wildman–Crippen LogP) is 3.01. The lowest BCUT2D eigenvalue weighted by Crippen LogP contribution is -2.41. The van der Waals surface area contributed by atoms with E-state index in [1.165, 1.54) is 0 Å². The number of rotatable bonds is 4. The fourth-order valence-electron chi connectivity index (χ4n) is 2.57. The first-order valence-electron chi connectivity index (χ1n) is 7.26. The lowest BCUT2D eigenvalue weighted by Gasteiger charge is -2.30. The van der Waals surface area contributed by atoms with Gasteiger partial charge in [-0.05, 0) is 44.7 Å². The van der Waals surface area contributed by atoms with Crippen LogP contribution in [0.25, 0.3) is 0 Å². The van der Waals surface area contributed by atoms with Gasteiger partial charge in [-0.3, -0.25) is 4.79 Å². The summed E-state index contributed by atoms with van der Waals surface area (Å²) in [5.74, 6) is -0.301. The van der Waals surface area contributed by atoms with Gasteiger partial charge in [-0.2, -0.15) is 13.2 Å². The molecule has 1 saturated carbocycles. The second kappa shape index (κ2) is 7.09. The molecule has 0 saturated heterocycles. The topological polar surface area (TPSA) is 51.2 Å². The van der Waals surface area contributed by atoms with E-state index in [1.54, 1.807) is 25.1 Å². The number of carbonyl (C=O) groups excluding carboxylic acids is 1. The molecule has 0 bridgehead atoms. The van der Waals surface area contributed by atoms with Crippen LogP contribution in [0.4, 0.5) is 13.2 Å². The van der Waals surface area contributed by atoms with E-state index in [0.717, 1.165) is 18.5 Å². The van der Waals surface area contributed by atoms with E-state index < -0.39 is 18.9 Å². The minimum absolute atomic E-state index is 0.179. The monoisotopic (exact) mass is 316 g/mol. The van der Waals surface area contributed by atoms with Crippen molar-refractivity contribution in [3.8, 4) is 0 Å². The third-order valence-corrected chi connectivity index (χ3v) is 3.56. The molecule has 122 valence electrons. The zero-order chi connectivity index (χ0) is 16.2. The van der Waals surface area contributed by atoms with Crippen molar-refractivity contribution in [2.24, 2.45) is 0 Å². The molecule has 0 radical (unpaired) electrons. The van der Waals surface area contributed by atoms with E-state index in [1.807, 2.05) is 0 Å². The van der Waals surface area contributed by atoms with Crippen molar-refractivity contribution in [1.82, 2.24) is 10.3 Å². The first-order valence-corrected chi connectivity index (χ1v) is 7.26. The Bertz CT molecular complexity index is 520. The van der Waals surface area contributed by atoms with Crippen molar-refractivity contribution in [3.63, 3.8) is 0 Å². The molecule has 1 aromatic rings. The van der Waals surface area contributed by atoms with Crippen molar-refractivity contribution in [1.29, 1.82) is 0 Å². The molecule has 4 nitrogen and oxygen atoms in total. The fraction of sp³-hybridized carbons (Fsp3) is 0.600. The zero-order valence-electron chi connectivity index (χ0n) is 12.3. The molecule has 1 aliphatic rings. The van der Waals surface area contributed by atoms with Crippen molar-refractivity contribution in [3.05, 3.63) is 29.6 Å². The van der Waals surface area contributed by atoms with E-state index >= 15 is 0 Å². The number of ether oxygens (including phenoxy) is 1. The molecular weight excluding hydrogens is 297 g/mol. The maximum Gasteiger partial charge on any atom is 0.411 e. The quantitative estimate of drug-likeness (QED) is 0.929. The van der Waals surface area contributed by atoms with Crippen molar-refractivity contribution >= 4 is 5.91 Å². The predicted molar refractivity (Wildman–Crippen MR) is 74.5 cm³/mol. The summed E-state index contributed by atoms with van der Waals surface area (Å²) in [4.78, 5) is 16.2. The highest BCUT2D eigenvalue weighted by Crippen LogP contribution is 2.24. The van der Waals surface area contributed by atoms with Crippen molar-refractivity contribution in [2.45, 2.75) is 50.9 Å². The fourth-order valence-corrected chi connectivity index (χ4v) is 2.57. The van der Waals surface area contributed by atoms with Crippen LogP contribution in [0.1, 0.15) is 41.9 Å². The molecule has 0 unspecified atom stereocenters. The third kappa shape index (κ3) is 5.29. The van der Waals surface area contributed by atoms with Crippen molar-refractivity contribution in [2.75, 3.05) is 6.61 Å². The van der Waals surface area contributed by atoms with Gasteiger partial charge in [-0.1, -0.05) is 6.07 Å². The third-order valence-electron chi connectivity index (χ3n) is 3.56. The van der Waals surface area contributed by atoms with Crippen LogP contribution in [-0.4, -0.2) is 35.8 Å². The molecule has 7 heteroatoms. The molecule has 1 N–H and O–H groups in total. The number of pyridine rings is 1. The minimum atomic E-state index is -4.32. The summed E-state index contributed by atoms with van der Waals surface area (Å²) in [6.45, 7) is 0.552. The second-order valence-corrected chi connectivity index (χ2v) is 5.55. The second-order valence-electron chi connectivity index (χ2n) is 5.55. The van der Waals surface area contributed by atoms with Gasteiger partial charge in [0.1, 0.15) is 12.3 Å². The number of carbonyl (C=O) groups is 1. The average molecular weight is 316 g/mol. The number of halogens is 3. The smallest absolute Gasteiger partial charge is 0.369 e. The van der Waals surface area contributed by atoms with Crippen LogP contribution in [0.5, 0.6) is 0 Å². The summed E-state index contributed by atoms with van der Waals surface area (Å²) in [5.41, 5.74) is 1.06. The van der Waals surface area contributed by atoms with Crippen LogP contribution in [0.2, 0.25) is 0 Å². The zero-order valence-corrected chi connectivity index (χ0v) is 12.3. The van der Waals surface area contributed by atoms with Crippen LogP contribution in [-0.2, 0) is 4.74 Å². The normalized spacial score (nSPS) is 22.4. The Kier molecular flexibility index (Phi) is 5.39. The largest absolute Gasteiger partial charge is 0.411 e. The summed E-state index contributed by atoms with van der Waals surface area (Å²) >= 11 is 0. The van der Waals surface area contributed by atoms with E-state index in [2.05, 4.69) is 10.3 Å². The SMILES string of the molecule is Cc1cccc(C(=O)N[C@H]2CCC[C@@H](OCC(F)(F)F)C2)n1. The number of amides is 1. The van der Waals surface area contributed by atoms with Gasteiger partial charge < -0.3 is 10.1 Å². The number of nitrogens with one attached hydrogen (secondary N) is 1. The molecular formula is C15H19F3N2O2. The molecule has 22 heavy (non-hydrogen) atoms. The Morgan fingerprint density at radius 3 is 2.86 bits per heavy atom. The van der Waals surface area contributed by atoms with Crippen LogP contribution in [0.15, 0.2) is 18.2 Å². The number of nitrogens with zero attached hydrogens (tertiary/aromatic N) is 1. The summed E-state index contributed by atoms with van der Waals surface area (Å²) in [6.07, 6.45) is -2.33. The lowest BCUT2D eigenvalue weighted by atomic mass is 9.92. The Morgan fingerprint density at radius 1 is 1.41 bits per heavy atom. The van der Waals surface area contributed by atoms with Crippen LogP contribution < -0.4 is 5.32 Å². The highest BCUT2D eigenvalue weighted by atomic mass is 19.4. The van der Waals surface area contributed by atoms with Gasteiger partial charge >= 0.3 is 6.18 Å². The van der Waals surface area contributed by atoms with Crippen LogP contribution >= 0.6 is 0 Å². The highest BCUT2D eigenvalue weighted by Gasteiger charge is 2.31. The molecule has 1 aromatic heterocycles. The van der Waals surface area contributed by atoms with Gasteiger partial charge in [0, 0.05) is 11.7 Å². The molecule has 1 aliphatic carbocycles. The number of aryl methyl sites for hydroxylation is 1. The molecule has 0 aliphatic heterocycles. The van der Waals surface area contributed by atoms with Gasteiger partial charge in [0.2, 0.25) is 0 Å². The Labute approximate surface area is 127 Å². The Balaban J connectivity index is 1.86. The van der Waals surface area contributed by atoms with E-state index in [4.69, 9.17) is 4.74 Å². The van der Waals surface area contributed by atoms with E-state index in [9.17, 15) is 18.0 Å². The molecule has 0 spiro atoms. The first-order chi connectivity index (χ1) is 10.3. The van der Waals surface area contributed by atoms with Gasteiger partial charge in [0.15, 0.2) is 0 Å². The number of aromatic nitrogens is 1. The molecule has 2 rings (SSSR count). The number of hydrogen-bond acceptors (Lipinski definition) is 3. The summed E-state index contributed by atoms with van der Waals surface area (Å²) < 4.78 is 41.4. The maximum atomic E-state index is 12.2. The van der Waals surface area contributed by atoms with Gasteiger partial charge in [0.25, 0.3) is 5.91 Å². The lowest BCUT2D eigenvalue weighted by molar-refractivity contribution is -0.188. The highest BCUT2D eigenvalue weighted by molar-refractivity contribution is 5.92. The summed E-state index contributed by atoms with van der Waals surface area (Å²) in [5, 5.41) is 2.83. The standard InChI is InChI=1S/C15H19F3N2O2/c1-10-4-2-7-13(19-10)14(21)20-11-5-3-6-12(8-11)22-9-15(16,17)18/h2,4,7,11-12H,3,5-6,8-9H2,1H3,(H,20,21)/t11-,12+/m0/s1. The molecule has 1 amide bonds. The van der Waals surface area contributed by atoms with E-state index in [-0.39, 0.29) is 11.9 Å². The number of hydrogen-bond donors (Lipinski definition) is 1. The Hall–Kier alpha value is -1.63. The maximum absolute atomic E-state index is 12.2. The molecule has 1 fully saturated rings. The molecule has 2 atom stereocenters. The van der Waals surface area contributed by atoms with Gasteiger partial charge in [0.05, 0.1) is 6.10 Å². The van der Waals surface area contributed by atoms with Crippen LogP contribution in [0, 0.1) is 6.92 Å². The molecule has 0 aromatic carbocycles. The van der Waals surface area contributed by atoms with Crippen LogP contribution in [0.3, 0.4) is 0 Å². The first kappa shape index (κ1) is 16.7.